The maximum absolute atomic E-state index is 12.2. The third kappa shape index (κ3) is 3.19. The quantitative estimate of drug-likeness (QED) is 0.767. The van der Waals surface area contributed by atoms with E-state index >= 15 is 0 Å². The van der Waals surface area contributed by atoms with Crippen molar-refractivity contribution in [2.45, 2.75) is 38.6 Å². The van der Waals surface area contributed by atoms with E-state index in [1.54, 1.807) is 11.3 Å². The first-order valence-corrected chi connectivity index (χ1v) is 7.64. The van der Waals surface area contributed by atoms with E-state index in [1.165, 1.54) is 4.88 Å². The summed E-state index contributed by atoms with van der Waals surface area (Å²) >= 11 is 1.58. The van der Waals surface area contributed by atoms with Gasteiger partial charge < -0.3 is 15.5 Å². The lowest BCUT2D eigenvalue weighted by atomic mass is 9.88. The minimum atomic E-state index is -1.12. The Morgan fingerprint density at radius 3 is 2.95 bits per heavy atom. The second kappa shape index (κ2) is 6.37. The fourth-order valence-electron chi connectivity index (χ4n) is 2.49. The molecule has 0 saturated carbocycles. The zero-order valence-corrected chi connectivity index (χ0v) is 12.2. The van der Waals surface area contributed by atoms with Crippen LogP contribution in [0.1, 0.15) is 40.6 Å². The van der Waals surface area contributed by atoms with E-state index in [0.29, 0.717) is 11.5 Å². The Morgan fingerprint density at radius 1 is 1.55 bits per heavy atom. The number of nitrogens with one attached hydrogen (secondary N) is 1. The van der Waals surface area contributed by atoms with Crippen molar-refractivity contribution in [2.24, 2.45) is 5.92 Å². The van der Waals surface area contributed by atoms with Gasteiger partial charge in [-0.25, -0.2) is 4.79 Å². The predicted octanol–water partition coefficient (Wildman–Crippen LogP) is 1.44. The molecule has 1 aromatic heterocycles. The van der Waals surface area contributed by atoms with Crippen LogP contribution in [0.4, 0.5) is 0 Å². The number of hydrogen-bond acceptors (Lipinski definition) is 4. The van der Waals surface area contributed by atoms with E-state index < -0.39 is 12.0 Å². The lowest BCUT2D eigenvalue weighted by Gasteiger charge is -2.19. The Bertz CT molecular complexity index is 511. The number of aliphatic carboxylic acids is 1. The summed E-state index contributed by atoms with van der Waals surface area (Å²) in [6.07, 6.45) is 2.94. The van der Waals surface area contributed by atoms with Gasteiger partial charge in [-0.2, -0.15) is 0 Å². The molecule has 0 aromatic carbocycles. The lowest BCUT2D eigenvalue weighted by Crippen LogP contribution is -2.41. The molecule has 0 spiro atoms. The molecule has 1 aromatic rings. The molecule has 5 nitrogen and oxygen atoms in total. The Hall–Kier alpha value is -1.40. The number of aliphatic hydroxyl groups is 1. The maximum Gasteiger partial charge on any atom is 0.326 e. The van der Waals surface area contributed by atoms with Gasteiger partial charge >= 0.3 is 5.97 Å². The highest BCUT2D eigenvalue weighted by atomic mass is 32.1. The molecule has 1 unspecified atom stereocenters. The number of amides is 1. The molecule has 1 aliphatic carbocycles. The number of carboxylic acids is 1. The highest BCUT2D eigenvalue weighted by Crippen LogP contribution is 2.32. The van der Waals surface area contributed by atoms with Crippen molar-refractivity contribution >= 4 is 23.2 Å². The first-order chi connectivity index (χ1) is 9.52. The van der Waals surface area contributed by atoms with Gasteiger partial charge in [0.05, 0.1) is 5.56 Å². The number of carboxylic acid groups (broad SMARTS) is 1. The molecule has 20 heavy (non-hydrogen) atoms. The van der Waals surface area contributed by atoms with Gasteiger partial charge in [0.2, 0.25) is 0 Å². The van der Waals surface area contributed by atoms with Crippen molar-refractivity contribution in [3.05, 3.63) is 21.4 Å². The number of thiophene rings is 1. The van der Waals surface area contributed by atoms with Gasteiger partial charge in [-0.3, -0.25) is 4.79 Å². The van der Waals surface area contributed by atoms with Crippen molar-refractivity contribution in [3.63, 3.8) is 0 Å². The molecular weight excluding hydrogens is 278 g/mol. The average Bonchev–Trinajstić information content (AvgIpc) is 2.80. The van der Waals surface area contributed by atoms with Crippen molar-refractivity contribution in [1.29, 1.82) is 0 Å². The molecule has 0 radical (unpaired) electrons. The summed E-state index contributed by atoms with van der Waals surface area (Å²) in [5, 5.41) is 22.1. The SMILES string of the molecule is CC1CCc2c(C(=O)N[C@H](CCO)C(=O)O)csc2C1. The normalized spacial score (nSPS) is 19.2. The highest BCUT2D eigenvalue weighted by molar-refractivity contribution is 7.10. The van der Waals surface area contributed by atoms with Gasteiger partial charge in [-0.15, -0.1) is 11.3 Å². The molecule has 1 heterocycles. The average molecular weight is 297 g/mol. The van der Waals surface area contributed by atoms with Gasteiger partial charge in [-0.1, -0.05) is 6.92 Å². The number of carbonyl (C=O) groups is 2. The molecule has 110 valence electrons. The molecule has 3 N–H and O–H groups in total. The molecular formula is C14H19NO4S. The van der Waals surface area contributed by atoms with Gasteiger partial charge in [0.1, 0.15) is 6.04 Å². The number of carbonyl (C=O) groups excluding carboxylic acids is 1. The highest BCUT2D eigenvalue weighted by Gasteiger charge is 2.26. The zero-order chi connectivity index (χ0) is 14.7. The molecule has 1 aliphatic rings. The van der Waals surface area contributed by atoms with Gasteiger partial charge in [0.15, 0.2) is 0 Å². The van der Waals surface area contributed by atoms with Crippen LogP contribution in [-0.4, -0.2) is 34.7 Å². The molecule has 2 atom stereocenters. The summed E-state index contributed by atoms with van der Waals surface area (Å²) < 4.78 is 0. The Kier molecular flexibility index (Phi) is 4.77. The maximum atomic E-state index is 12.2. The fourth-order valence-corrected chi connectivity index (χ4v) is 3.73. The van der Waals surface area contributed by atoms with Crippen LogP contribution in [0, 0.1) is 5.92 Å². The van der Waals surface area contributed by atoms with Crippen LogP contribution in [0.2, 0.25) is 0 Å². The van der Waals surface area contributed by atoms with Crippen molar-refractivity contribution in [3.8, 4) is 0 Å². The monoisotopic (exact) mass is 297 g/mol. The summed E-state index contributed by atoms with van der Waals surface area (Å²) in [4.78, 5) is 24.4. The Labute approximate surface area is 121 Å². The van der Waals surface area contributed by atoms with Crippen LogP contribution in [0.3, 0.4) is 0 Å². The van der Waals surface area contributed by atoms with E-state index in [1.807, 2.05) is 5.38 Å². The van der Waals surface area contributed by atoms with E-state index in [2.05, 4.69) is 12.2 Å². The van der Waals surface area contributed by atoms with Gasteiger partial charge in [0.25, 0.3) is 5.91 Å². The summed E-state index contributed by atoms with van der Waals surface area (Å²) in [6.45, 7) is 1.93. The van der Waals surface area contributed by atoms with Crippen LogP contribution >= 0.6 is 11.3 Å². The van der Waals surface area contributed by atoms with Crippen molar-refractivity contribution in [1.82, 2.24) is 5.32 Å². The number of hydrogen-bond donors (Lipinski definition) is 3. The minimum Gasteiger partial charge on any atom is -0.480 e. The molecule has 6 heteroatoms. The topological polar surface area (TPSA) is 86.6 Å². The molecule has 2 rings (SSSR count). The van der Waals surface area contributed by atoms with Crippen LogP contribution in [-0.2, 0) is 17.6 Å². The van der Waals surface area contributed by atoms with Crippen LogP contribution in [0.5, 0.6) is 0 Å². The number of rotatable bonds is 5. The fraction of sp³-hybridized carbons (Fsp3) is 0.571. The summed E-state index contributed by atoms with van der Waals surface area (Å²) in [5.41, 5.74) is 1.67. The first kappa shape index (κ1) is 15.0. The van der Waals surface area contributed by atoms with Gasteiger partial charge in [0, 0.05) is 23.3 Å². The van der Waals surface area contributed by atoms with Crippen LogP contribution in [0.15, 0.2) is 5.38 Å². The van der Waals surface area contributed by atoms with Crippen LogP contribution < -0.4 is 5.32 Å². The number of fused-ring (bicyclic) bond motifs is 1. The molecule has 0 saturated heterocycles. The molecule has 0 aliphatic heterocycles. The van der Waals surface area contributed by atoms with Crippen LogP contribution in [0.25, 0.3) is 0 Å². The first-order valence-electron chi connectivity index (χ1n) is 6.76. The second-order valence-corrected chi connectivity index (χ2v) is 6.24. The molecule has 1 amide bonds. The third-order valence-electron chi connectivity index (χ3n) is 3.67. The van der Waals surface area contributed by atoms with Crippen molar-refractivity contribution < 1.29 is 19.8 Å². The standard InChI is InChI=1S/C14H19NO4S/c1-8-2-3-9-10(7-20-12(9)6-8)13(17)15-11(4-5-16)14(18)19/h7-8,11,16H,2-6H2,1H3,(H,15,17)(H,18,19)/t8?,11-/m1/s1. The van der Waals surface area contributed by atoms with E-state index in [0.717, 1.165) is 24.8 Å². The minimum absolute atomic E-state index is 0.0183. The zero-order valence-electron chi connectivity index (χ0n) is 11.4. The summed E-state index contributed by atoms with van der Waals surface area (Å²) in [6, 6.07) is -1.04. The molecule has 0 fully saturated rings. The van der Waals surface area contributed by atoms with Gasteiger partial charge in [-0.05, 0) is 30.7 Å². The van der Waals surface area contributed by atoms with E-state index in [9.17, 15) is 9.59 Å². The second-order valence-electron chi connectivity index (χ2n) is 5.28. The third-order valence-corrected chi connectivity index (χ3v) is 4.72. The van der Waals surface area contributed by atoms with Crippen molar-refractivity contribution in [2.75, 3.05) is 6.61 Å². The molecule has 0 bridgehead atoms. The lowest BCUT2D eigenvalue weighted by molar-refractivity contribution is -0.139. The summed E-state index contributed by atoms with van der Waals surface area (Å²) in [5.74, 6) is -0.832. The smallest absolute Gasteiger partial charge is 0.326 e. The van der Waals surface area contributed by atoms with E-state index in [4.69, 9.17) is 10.2 Å². The van der Waals surface area contributed by atoms with E-state index in [-0.39, 0.29) is 18.9 Å². The predicted molar refractivity (Wildman–Crippen MR) is 76.1 cm³/mol. The Balaban J connectivity index is 2.12. The number of aliphatic hydroxyl groups excluding tert-OH is 1. The summed E-state index contributed by atoms with van der Waals surface area (Å²) in [7, 11) is 0. The Morgan fingerprint density at radius 2 is 2.30 bits per heavy atom. The largest absolute Gasteiger partial charge is 0.480 e.